The normalized spacial score (nSPS) is 10.8. The Labute approximate surface area is 146 Å². The van der Waals surface area contributed by atoms with E-state index in [2.05, 4.69) is 5.43 Å². The molecule has 2 rings (SSSR count). The lowest BCUT2D eigenvalue weighted by atomic mass is 10.2. The SMILES string of the molecule is CC(C)(C)OC(=O)NN(Cc1cccc([N+](=O)[O-])c1)c1ccccc1. The molecule has 0 unspecified atom stereocenters. The first-order valence-electron chi connectivity index (χ1n) is 7.80. The van der Waals surface area contributed by atoms with Gasteiger partial charge in [0.15, 0.2) is 0 Å². The van der Waals surface area contributed by atoms with Gasteiger partial charge in [-0.3, -0.25) is 15.1 Å². The number of carbonyl (C=O) groups is 1. The van der Waals surface area contributed by atoms with Crippen LogP contribution >= 0.6 is 0 Å². The molecule has 0 aliphatic rings. The van der Waals surface area contributed by atoms with Crippen molar-refractivity contribution >= 4 is 17.5 Å². The summed E-state index contributed by atoms with van der Waals surface area (Å²) in [6, 6.07) is 15.5. The highest BCUT2D eigenvalue weighted by atomic mass is 16.6. The van der Waals surface area contributed by atoms with Crippen LogP contribution in [-0.2, 0) is 11.3 Å². The molecule has 0 aromatic heterocycles. The van der Waals surface area contributed by atoms with Gasteiger partial charge in [0.05, 0.1) is 17.2 Å². The fourth-order valence-corrected chi connectivity index (χ4v) is 2.17. The molecule has 1 amide bonds. The predicted molar refractivity (Wildman–Crippen MR) is 95.1 cm³/mol. The van der Waals surface area contributed by atoms with Gasteiger partial charge in [-0.1, -0.05) is 30.3 Å². The average Bonchev–Trinajstić information content (AvgIpc) is 2.53. The zero-order chi connectivity index (χ0) is 18.4. The molecule has 0 saturated heterocycles. The lowest BCUT2D eigenvalue weighted by Crippen LogP contribution is -2.44. The minimum atomic E-state index is -0.627. The Morgan fingerprint density at radius 2 is 1.84 bits per heavy atom. The summed E-state index contributed by atoms with van der Waals surface area (Å²) in [6.45, 7) is 5.59. The maximum atomic E-state index is 12.1. The summed E-state index contributed by atoms with van der Waals surface area (Å²) in [6.07, 6.45) is -0.596. The van der Waals surface area contributed by atoms with Gasteiger partial charge < -0.3 is 4.74 Å². The maximum Gasteiger partial charge on any atom is 0.426 e. The molecule has 0 saturated carbocycles. The van der Waals surface area contributed by atoms with Gasteiger partial charge in [-0.05, 0) is 38.5 Å². The van der Waals surface area contributed by atoms with Crippen LogP contribution in [-0.4, -0.2) is 16.6 Å². The van der Waals surface area contributed by atoms with Crippen LogP contribution in [0.25, 0.3) is 0 Å². The van der Waals surface area contributed by atoms with Crippen molar-refractivity contribution in [2.24, 2.45) is 0 Å². The van der Waals surface area contributed by atoms with Gasteiger partial charge in [-0.15, -0.1) is 0 Å². The molecular weight excluding hydrogens is 322 g/mol. The Morgan fingerprint density at radius 1 is 1.16 bits per heavy atom. The Balaban J connectivity index is 2.22. The molecule has 0 spiro atoms. The molecule has 0 bridgehead atoms. The Bertz CT molecular complexity index is 741. The van der Waals surface area contributed by atoms with Gasteiger partial charge >= 0.3 is 6.09 Å². The lowest BCUT2D eigenvalue weighted by Gasteiger charge is -2.27. The van der Waals surface area contributed by atoms with Crippen molar-refractivity contribution in [3.63, 3.8) is 0 Å². The van der Waals surface area contributed by atoms with Gasteiger partial charge in [0.25, 0.3) is 5.69 Å². The van der Waals surface area contributed by atoms with E-state index in [0.717, 1.165) is 5.69 Å². The quantitative estimate of drug-likeness (QED) is 0.654. The number of nitro groups is 1. The first-order chi connectivity index (χ1) is 11.7. The van der Waals surface area contributed by atoms with Crippen LogP contribution in [0, 0.1) is 10.1 Å². The number of nitro benzene ring substituents is 1. The first-order valence-corrected chi connectivity index (χ1v) is 7.80. The van der Waals surface area contributed by atoms with E-state index < -0.39 is 16.6 Å². The second-order valence-electron chi connectivity index (χ2n) is 6.46. The van der Waals surface area contributed by atoms with E-state index in [-0.39, 0.29) is 12.2 Å². The van der Waals surface area contributed by atoms with Gasteiger partial charge in [0, 0.05) is 12.1 Å². The van der Waals surface area contributed by atoms with Gasteiger partial charge in [0.2, 0.25) is 0 Å². The third kappa shape index (κ3) is 5.80. The standard InChI is InChI=1S/C18H21N3O4/c1-18(2,3)25-17(22)19-20(15-9-5-4-6-10-15)13-14-8-7-11-16(12-14)21(23)24/h4-12H,13H2,1-3H3,(H,19,22). The van der Waals surface area contributed by atoms with E-state index in [1.54, 1.807) is 37.9 Å². The number of hydrogen-bond acceptors (Lipinski definition) is 5. The van der Waals surface area contributed by atoms with E-state index in [1.807, 2.05) is 30.3 Å². The van der Waals surface area contributed by atoms with Crippen molar-refractivity contribution in [1.29, 1.82) is 0 Å². The Morgan fingerprint density at radius 3 is 2.44 bits per heavy atom. The molecule has 25 heavy (non-hydrogen) atoms. The van der Waals surface area contributed by atoms with Crippen LogP contribution in [0.2, 0.25) is 0 Å². The molecule has 0 aliphatic heterocycles. The molecule has 0 fully saturated rings. The monoisotopic (exact) mass is 343 g/mol. The van der Waals surface area contributed by atoms with Crippen molar-refractivity contribution in [2.45, 2.75) is 32.9 Å². The lowest BCUT2D eigenvalue weighted by molar-refractivity contribution is -0.384. The number of rotatable bonds is 5. The number of benzene rings is 2. The highest BCUT2D eigenvalue weighted by Crippen LogP contribution is 2.19. The zero-order valence-corrected chi connectivity index (χ0v) is 14.4. The average molecular weight is 343 g/mol. The van der Waals surface area contributed by atoms with Gasteiger partial charge in [-0.2, -0.15) is 0 Å². The largest absolute Gasteiger partial charge is 0.443 e. The van der Waals surface area contributed by atoms with E-state index >= 15 is 0 Å². The highest BCUT2D eigenvalue weighted by Gasteiger charge is 2.19. The molecule has 0 radical (unpaired) electrons. The number of non-ortho nitro benzene ring substituents is 1. The molecule has 0 heterocycles. The molecule has 132 valence electrons. The second kappa shape index (κ2) is 7.65. The molecule has 7 heteroatoms. The van der Waals surface area contributed by atoms with Crippen LogP contribution in [0.3, 0.4) is 0 Å². The minimum Gasteiger partial charge on any atom is -0.443 e. The molecular formula is C18H21N3O4. The van der Waals surface area contributed by atoms with Crippen LogP contribution in [0.4, 0.5) is 16.2 Å². The third-order valence-corrected chi connectivity index (χ3v) is 3.16. The fraction of sp³-hybridized carbons (Fsp3) is 0.278. The van der Waals surface area contributed by atoms with Crippen LogP contribution in [0.5, 0.6) is 0 Å². The first kappa shape index (κ1) is 18.3. The summed E-state index contributed by atoms with van der Waals surface area (Å²) in [5.41, 5.74) is 3.49. The topological polar surface area (TPSA) is 84.7 Å². The zero-order valence-electron chi connectivity index (χ0n) is 14.4. The summed E-state index contributed by atoms with van der Waals surface area (Å²) < 4.78 is 5.29. The number of amides is 1. The minimum absolute atomic E-state index is 0.00257. The summed E-state index contributed by atoms with van der Waals surface area (Å²) in [5.74, 6) is 0. The van der Waals surface area contributed by atoms with Crippen molar-refractivity contribution in [1.82, 2.24) is 5.43 Å². The number of hydrogen-bond donors (Lipinski definition) is 1. The van der Waals surface area contributed by atoms with Gasteiger partial charge in [0.1, 0.15) is 5.60 Å². The summed E-state index contributed by atoms with van der Waals surface area (Å²) in [4.78, 5) is 22.6. The van der Waals surface area contributed by atoms with Crippen molar-refractivity contribution < 1.29 is 14.5 Å². The third-order valence-electron chi connectivity index (χ3n) is 3.16. The molecule has 7 nitrogen and oxygen atoms in total. The number of ether oxygens (including phenoxy) is 1. The smallest absolute Gasteiger partial charge is 0.426 e. The van der Waals surface area contributed by atoms with E-state index in [1.165, 1.54) is 12.1 Å². The van der Waals surface area contributed by atoms with Crippen LogP contribution < -0.4 is 10.4 Å². The number of nitrogens with one attached hydrogen (secondary N) is 1. The number of carbonyl (C=O) groups excluding carboxylic acids is 1. The molecule has 2 aromatic rings. The van der Waals surface area contributed by atoms with E-state index in [9.17, 15) is 14.9 Å². The summed E-state index contributed by atoms with van der Waals surface area (Å²) in [5, 5.41) is 12.5. The van der Waals surface area contributed by atoms with E-state index in [4.69, 9.17) is 4.74 Å². The Hall–Kier alpha value is -3.09. The fourth-order valence-electron chi connectivity index (χ4n) is 2.17. The van der Waals surface area contributed by atoms with Crippen molar-refractivity contribution in [2.75, 3.05) is 5.01 Å². The van der Waals surface area contributed by atoms with Crippen LogP contribution in [0.1, 0.15) is 26.3 Å². The second-order valence-corrected chi connectivity index (χ2v) is 6.46. The Kier molecular flexibility index (Phi) is 5.59. The van der Waals surface area contributed by atoms with Crippen molar-refractivity contribution in [3.05, 3.63) is 70.3 Å². The van der Waals surface area contributed by atoms with Crippen molar-refractivity contribution in [3.8, 4) is 0 Å². The molecule has 1 N–H and O–H groups in total. The summed E-state index contributed by atoms with van der Waals surface area (Å²) >= 11 is 0. The molecule has 0 aliphatic carbocycles. The number of hydrazine groups is 1. The summed E-state index contributed by atoms with van der Waals surface area (Å²) in [7, 11) is 0. The number of anilines is 1. The highest BCUT2D eigenvalue weighted by molar-refractivity contribution is 5.70. The van der Waals surface area contributed by atoms with E-state index in [0.29, 0.717) is 5.56 Å². The maximum absolute atomic E-state index is 12.1. The predicted octanol–water partition coefficient (Wildman–Crippen LogP) is 4.04. The van der Waals surface area contributed by atoms with Crippen LogP contribution in [0.15, 0.2) is 54.6 Å². The molecule has 2 aromatic carbocycles. The number of nitrogens with zero attached hydrogens (tertiary/aromatic N) is 2. The van der Waals surface area contributed by atoms with Gasteiger partial charge in [-0.25, -0.2) is 10.2 Å². The number of para-hydroxylation sites is 1. The molecule has 0 atom stereocenters.